The number of nitrogens with zero attached hydrogens (tertiary/aromatic N) is 1. The van der Waals surface area contributed by atoms with Gasteiger partial charge in [-0.1, -0.05) is 66.0 Å². The summed E-state index contributed by atoms with van der Waals surface area (Å²) in [5.74, 6) is -0.732. The Balaban J connectivity index is 1.31. The highest BCUT2D eigenvalue weighted by atomic mass is 19.4. The largest absolute Gasteiger partial charge is 0.456 e. The van der Waals surface area contributed by atoms with Gasteiger partial charge in [-0.05, 0) is 96.8 Å². The first-order valence-electron chi connectivity index (χ1n) is 15.3. The molecule has 0 radical (unpaired) electrons. The second-order valence-electron chi connectivity index (χ2n) is 12.9. The van der Waals surface area contributed by atoms with Crippen molar-refractivity contribution in [3.05, 3.63) is 94.1 Å². The van der Waals surface area contributed by atoms with Crippen LogP contribution in [0, 0.1) is 29.1 Å². The van der Waals surface area contributed by atoms with Crippen LogP contribution in [0.25, 0.3) is 0 Å². The number of alkyl halides is 5. The molecule has 0 saturated heterocycles. The molecule has 2 fully saturated rings. The van der Waals surface area contributed by atoms with Gasteiger partial charge in [-0.2, -0.15) is 22.0 Å². The number of ketones is 1. The lowest BCUT2D eigenvalue weighted by molar-refractivity contribution is -0.362. The van der Waals surface area contributed by atoms with Gasteiger partial charge in [0.2, 0.25) is 0 Å². The Morgan fingerprint density at radius 1 is 1.02 bits per heavy atom. The van der Waals surface area contributed by atoms with Gasteiger partial charge in [-0.25, -0.2) is 0 Å². The molecule has 0 aliphatic heterocycles. The summed E-state index contributed by atoms with van der Waals surface area (Å²) < 4.78 is 71.7. The Morgan fingerprint density at radius 3 is 2.47 bits per heavy atom. The van der Waals surface area contributed by atoms with E-state index in [1.807, 2.05) is 42.5 Å². The summed E-state index contributed by atoms with van der Waals surface area (Å²) in [4.78, 5) is 17.5. The Labute approximate surface area is 259 Å². The fourth-order valence-corrected chi connectivity index (χ4v) is 8.38. The van der Waals surface area contributed by atoms with Gasteiger partial charge in [0.1, 0.15) is 18.4 Å². The zero-order valence-corrected chi connectivity index (χ0v) is 24.8. The molecule has 6 rings (SSSR count). The van der Waals surface area contributed by atoms with Gasteiger partial charge in [-0.3, -0.25) is 4.79 Å². The van der Waals surface area contributed by atoms with Crippen molar-refractivity contribution in [2.45, 2.75) is 82.1 Å². The molecule has 2 aromatic rings. The molecule has 1 N–H and O–H groups in total. The number of carbonyl (C=O) groups is 1. The molecule has 5 atom stereocenters. The van der Waals surface area contributed by atoms with Crippen LogP contribution in [0.5, 0.6) is 0 Å². The van der Waals surface area contributed by atoms with Gasteiger partial charge in [-0.15, -0.1) is 0 Å². The van der Waals surface area contributed by atoms with Crippen LogP contribution in [0.3, 0.4) is 0 Å². The number of fused-ring (bicyclic) bond motifs is 4. The maximum Gasteiger partial charge on any atom is 0.456 e. The predicted molar refractivity (Wildman–Crippen MR) is 159 cm³/mol. The summed E-state index contributed by atoms with van der Waals surface area (Å²) in [5.41, 5.74) is 0.477. The molecule has 0 spiro atoms. The number of aliphatic hydroxyl groups is 1. The fraction of sp³-hybridized carbons (Fsp3) is 0.444. The van der Waals surface area contributed by atoms with Gasteiger partial charge in [0.25, 0.3) is 0 Å². The van der Waals surface area contributed by atoms with E-state index >= 15 is 8.78 Å². The minimum Gasteiger partial charge on any atom is -0.390 e. The highest BCUT2D eigenvalue weighted by Crippen LogP contribution is 2.70. The molecule has 9 heteroatoms. The highest BCUT2D eigenvalue weighted by Gasteiger charge is 2.79. The maximum atomic E-state index is 15.2. The molecule has 45 heavy (non-hydrogen) atoms. The van der Waals surface area contributed by atoms with Crippen LogP contribution in [0.4, 0.5) is 22.0 Å². The molecule has 236 valence electrons. The van der Waals surface area contributed by atoms with Gasteiger partial charge in [0.05, 0.1) is 0 Å². The molecule has 4 nitrogen and oxygen atoms in total. The number of oxime groups is 1. The minimum atomic E-state index is -5.88. The average molecular weight is 624 g/mol. The SMILES string of the molecule is C[C@]12C[C@H](c3ccc(C#C/C=N/OCc4ccccc4)cc3)C3=C4CCC(=O)C=C4CC[C@H]3[C@@H]1CC[C@@]2(O)C(F)(F)C(F)(F)F. The third-order valence-electron chi connectivity index (χ3n) is 10.6. The normalized spacial score (nSPS) is 29.8. The molecule has 2 aromatic carbocycles. The van der Waals surface area contributed by atoms with Crippen LogP contribution in [-0.2, 0) is 16.2 Å². The first kappa shape index (κ1) is 31.2. The van der Waals surface area contributed by atoms with E-state index in [0.29, 0.717) is 37.9 Å². The summed E-state index contributed by atoms with van der Waals surface area (Å²) in [7, 11) is 0. The molecule has 0 amide bonds. The number of allylic oxidation sites excluding steroid dienone is 4. The number of hydrogen-bond donors (Lipinski definition) is 1. The third kappa shape index (κ3) is 5.31. The maximum absolute atomic E-state index is 15.2. The monoisotopic (exact) mass is 623 g/mol. The van der Waals surface area contributed by atoms with Crippen molar-refractivity contribution < 1.29 is 36.7 Å². The van der Waals surface area contributed by atoms with Crippen molar-refractivity contribution in [3.8, 4) is 11.8 Å². The zero-order valence-electron chi connectivity index (χ0n) is 24.8. The number of benzene rings is 2. The van der Waals surface area contributed by atoms with Crippen LogP contribution < -0.4 is 0 Å². The fourth-order valence-electron chi connectivity index (χ4n) is 8.38. The van der Waals surface area contributed by atoms with Gasteiger partial charge in [0.15, 0.2) is 5.78 Å². The lowest BCUT2D eigenvalue weighted by Crippen LogP contribution is -2.65. The van der Waals surface area contributed by atoms with Crippen LogP contribution in [0.2, 0.25) is 0 Å². The van der Waals surface area contributed by atoms with Crippen molar-refractivity contribution >= 4 is 12.0 Å². The first-order chi connectivity index (χ1) is 21.4. The standard InChI is InChI=1S/C36H34F5NO3/c1-33-21-30(25-11-9-23(10-12-25)8-5-19-42-45-22-24-6-3-2-4-7-24)32-28-16-14-27(43)20-26(28)13-15-29(32)31(33)17-18-34(33,44)35(37,38)36(39,40)41/h2-4,6-7,9-12,19-20,29-31,44H,13-18,21-22H2,1H3/b42-19+/t29-,30+,31-,33-,34-/m0/s1. The van der Waals surface area contributed by atoms with Gasteiger partial charge in [0, 0.05) is 23.3 Å². The Hall–Kier alpha value is -3.77. The number of halogens is 5. The van der Waals surface area contributed by atoms with Crippen molar-refractivity contribution in [3.63, 3.8) is 0 Å². The molecular formula is C36H34F5NO3. The molecule has 0 heterocycles. The average Bonchev–Trinajstić information content (AvgIpc) is 3.29. The molecule has 4 aliphatic carbocycles. The number of carbonyl (C=O) groups excluding carboxylic acids is 1. The lowest BCUT2D eigenvalue weighted by Gasteiger charge is -2.56. The second-order valence-corrected chi connectivity index (χ2v) is 12.9. The van der Waals surface area contributed by atoms with Gasteiger partial charge < -0.3 is 9.94 Å². The van der Waals surface area contributed by atoms with Crippen molar-refractivity contribution in [2.24, 2.45) is 22.4 Å². The Kier molecular flexibility index (Phi) is 8.01. The van der Waals surface area contributed by atoms with Crippen LogP contribution >= 0.6 is 0 Å². The van der Waals surface area contributed by atoms with E-state index in [2.05, 4.69) is 17.0 Å². The smallest absolute Gasteiger partial charge is 0.390 e. The highest BCUT2D eigenvalue weighted by molar-refractivity contribution is 5.93. The molecule has 2 saturated carbocycles. The third-order valence-corrected chi connectivity index (χ3v) is 10.6. The van der Waals surface area contributed by atoms with Crippen molar-refractivity contribution in [1.29, 1.82) is 0 Å². The summed E-state index contributed by atoms with van der Waals surface area (Å²) >= 11 is 0. The van der Waals surface area contributed by atoms with Crippen LogP contribution in [-0.4, -0.2) is 34.8 Å². The minimum absolute atomic E-state index is 0.0435. The van der Waals surface area contributed by atoms with E-state index < -0.39 is 41.4 Å². The van der Waals surface area contributed by atoms with Gasteiger partial charge >= 0.3 is 12.1 Å². The van der Waals surface area contributed by atoms with Crippen molar-refractivity contribution in [1.82, 2.24) is 0 Å². The molecule has 0 bridgehead atoms. The lowest BCUT2D eigenvalue weighted by atomic mass is 9.50. The zero-order chi connectivity index (χ0) is 32.0. The van der Waals surface area contributed by atoms with E-state index in [4.69, 9.17) is 4.84 Å². The summed E-state index contributed by atoms with van der Waals surface area (Å²) in [5, 5.41) is 15.3. The van der Waals surface area contributed by atoms with E-state index in [-0.39, 0.29) is 24.5 Å². The Morgan fingerprint density at radius 2 is 1.76 bits per heavy atom. The molecular weight excluding hydrogens is 589 g/mol. The first-order valence-corrected chi connectivity index (χ1v) is 15.3. The molecule has 4 aliphatic rings. The van der Waals surface area contributed by atoms with Crippen molar-refractivity contribution in [2.75, 3.05) is 0 Å². The van der Waals surface area contributed by atoms with Crippen LogP contribution in [0.15, 0.2) is 82.5 Å². The van der Waals surface area contributed by atoms with Crippen LogP contribution in [0.1, 0.15) is 74.5 Å². The van der Waals surface area contributed by atoms with E-state index in [1.165, 1.54) is 13.1 Å². The molecule has 0 aromatic heterocycles. The number of rotatable bonds is 5. The predicted octanol–water partition coefficient (Wildman–Crippen LogP) is 8.07. The second kappa shape index (κ2) is 11.5. The summed E-state index contributed by atoms with van der Waals surface area (Å²) in [6.07, 6.45) is -1.51. The van der Waals surface area contributed by atoms with E-state index in [0.717, 1.165) is 27.8 Å². The topological polar surface area (TPSA) is 58.9 Å². The quantitative estimate of drug-likeness (QED) is 0.159. The molecule has 0 unspecified atom stereocenters. The summed E-state index contributed by atoms with van der Waals surface area (Å²) in [6.45, 7) is 1.73. The summed E-state index contributed by atoms with van der Waals surface area (Å²) in [6, 6.07) is 16.8. The Bertz CT molecular complexity index is 1620. The number of hydrogen-bond acceptors (Lipinski definition) is 4. The van der Waals surface area contributed by atoms with E-state index in [1.54, 1.807) is 18.2 Å². The van der Waals surface area contributed by atoms with E-state index in [9.17, 15) is 23.1 Å².